The molecule has 1 amide bonds. The molecule has 3 rings (SSSR count). The van der Waals surface area contributed by atoms with Gasteiger partial charge >= 0.3 is 0 Å². The zero-order chi connectivity index (χ0) is 20.1. The lowest BCUT2D eigenvalue weighted by atomic mass is 9.98. The zero-order valence-corrected chi connectivity index (χ0v) is 16.4. The van der Waals surface area contributed by atoms with Crippen LogP contribution in [0.1, 0.15) is 50.7 Å². The topological polar surface area (TPSA) is 64.2 Å². The predicted octanol–water partition coefficient (Wildman–Crippen LogP) is 3.30. The van der Waals surface area contributed by atoms with Gasteiger partial charge in [0, 0.05) is 24.3 Å². The first-order chi connectivity index (χ1) is 12.6. The van der Waals surface area contributed by atoms with E-state index in [1.165, 1.54) is 19.1 Å². The molecule has 0 aliphatic carbocycles. The molecule has 0 saturated heterocycles. The summed E-state index contributed by atoms with van der Waals surface area (Å²) in [6.07, 6.45) is 0. The van der Waals surface area contributed by atoms with E-state index in [4.69, 9.17) is 10.7 Å². The van der Waals surface area contributed by atoms with Gasteiger partial charge in [0.25, 0.3) is 0 Å². The van der Waals surface area contributed by atoms with Crippen LogP contribution in [0.3, 0.4) is 0 Å². The Labute approximate surface area is 158 Å². The molecule has 2 N–H and O–H groups in total. The Kier molecular flexibility index (Phi) is 4.84. The number of halogens is 2. The molecule has 0 bridgehead atoms. The van der Waals surface area contributed by atoms with Crippen LogP contribution in [0.5, 0.6) is 0 Å². The van der Waals surface area contributed by atoms with E-state index < -0.39 is 17.2 Å². The number of hydrogen-bond donors (Lipinski definition) is 1. The van der Waals surface area contributed by atoms with E-state index in [1.54, 1.807) is 4.90 Å². The molecule has 0 fully saturated rings. The Morgan fingerprint density at radius 3 is 2.52 bits per heavy atom. The molecule has 0 spiro atoms. The second-order valence-corrected chi connectivity index (χ2v) is 7.87. The summed E-state index contributed by atoms with van der Waals surface area (Å²) in [4.78, 5) is 18.7. The average Bonchev–Trinajstić information content (AvgIpc) is 2.98. The van der Waals surface area contributed by atoms with Crippen molar-refractivity contribution in [2.75, 3.05) is 13.1 Å². The van der Waals surface area contributed by atoms with Crippen LogP contribution in [0.25, 0.3) is 11.3 Å². The molecular weight excluding hydrogens is 350 g/mol. The number of nitrogens with two attached hydrogens (primary N) is 1. The van der Waals surface area contributed by atoms with E-state index in [2.05, 4.69) is 0 Å². The molecule has 27 heavy (non-hydrogen) atoms. The van der Waals surface area contributed by atoms with E-state index in [1.807, 2.05) is 32.3 Å². The van der Waals surface area contributed by atoms with Gasteiger partial charge in [-0.3, -0.25) is 4.79 Å². The number of fused-ring (bicyclic) bond motifs is 1. The van der Waals surface area contributed by atoms with Crippen molar-refractivity contribution < 1.29 is 13.6 Å². The number of nitrogens with zero attached hydrogens (tertiary/aromatic N) is 3. The first-order valence-corrected chi connectivity index (χ1v) is 9.17. The zero-order valence-electron chi connectivity index (χ0n) is 16.4. The molecule has 0 atom stereocenters. The van der Waals surface area contributed by atoms with Crippen molar-refractivity contribution in [2.24, 2.45) is 5.73 Å². The second-order valence-electron chi connectivity index (χ2n) is 7.87. The Bertz CT molecular complexity index is 902. The molecule has 5 nitrogen and oxygen atoms in total. The van der Waals surface area contributed by atoms with Gasteiger partial charge in [0.2, 0.25) is 5.91 Å². The second kappa shape index (κ2) is 6.71. The first-order valence-electron chi connectivity index (χ1n) is 9.17. The lowest BCUT2D eigenvalue weighted by Gasteiger charge is -2.42. The van der Waals surface area contributed by atoms with E-state index in [9.17, 15) is 13.6 Å². The molecular formula is C20H26F2N4O. The highest BCUT2D eigenvalue weighted by Gasteiger charge is 2.41. The van der Waals surface area contributed by atoms with Crippen molar-refractivity contribution in [1.29, 1.82) is 0 Å². The summed E-state index contributed by atoms with van der Waals surface area (Å²) in [6, 6.07) is 2.41. The quantitative estimate of drug-likeness (QED) is 0.894. The number of carbonyl (C=O) groups is 1. The number of carbonyl (C=O) groups excluding carboxylic acids is 1. The predicted molar refractivity (Wildman–Crippen MR) is 100 cm³/mol. The summed E-state index contributed by atoms with van der Waals surface area (Å²) >= 11 is 0. The standard InChI is InChI=1S/C20H26F2N4O/c1-11(2)18-17(13-9-14(21)12(3)8-15(13)22)24-19-20(4,5)26(16(27)10-23)7-6-25(18)19/h8-9,11H,6-7,10,23H2,1-5H3. The third-order valence-electron chi connectivity index (χ3n) is 5.30. The van der Waals surface area contributed by atoms with Gasteiger partial charge < -0.3 is 15.2 Å². The molecule has 0 saturated carbocycles. The number of hydrogen-bond acceptors (Lipinski definition) is 3. The largest absolute Gasteiger partial charge is 0.327 e. The fourth-order valence-corrected chi connectivity index (χ4v) is 3.92. The summed E-state index contributed by atoms with van der Waals surface area (Å²) in [5, 5.41) is 0. The van der Waals surface area contributed by atoms with Gasteiger partial charge in [0.1, 0.15) is 17.5 Å². The SMILES string of the molecule is Cc1cc(F)c(-c2nc3n(c2C(C)C)CCN(C(=O)CN)C3(C)C)cc1F. The highest BCUT2D eigenvalue weighted by atomic mass is 19.1. The highest BCUT2D eigenvalue weighted by Crippen LogP contribution is 2.39. The number of aromatic nitrogens is 2. The first kappa shape index (κ1) is 19.5. The smallest absolute Gasteiger partial charge is 0.237 e. The lowest BCUT2D eigenvalue weighted by Crippen LogP contribution is -2.53. The van der Waals surface area contributed by atoms with Crippen LogP contribution in [-0.4, -0.2) is 33.4 Å². The van der Waals surface area contributed by atoms with Crippen molar-refractivity contribution in [3.63, 3.8) is 0 Å². The van der Waals surface area contributed by atoms with Gasteiger partial charge in [0.15, 0.2) is 0 Å². The van der Waals surface area contributed by atoms with Gasteiger partial charge in [-0.15, -0.1) is 0 Å². The fourth-order valence-electron chi connectivity index (χ4n) is 3.92. The van der Waals surface area contributed by atoms with Crippen molar-refractivity contribution in [3.8, 4) is 11.3 Å². The van der Waals surface area contributed by atoms with Gasteiger partial charge in [-0.05, 0) is 44.4 Å². The minimum Gasteiger partial charge on any atom is -0.327 e. The lowest BCUT2D eigenvalue weighted by molar-refractivity contribution is -0.137. The van der Waals surface area contributed by atoms with Crippen LogP contribution < -0.4 is 5.73 Å². The van der Waals surface area contributed by atoms with Gasteiger partial charge in [-0.25, -0.2) is 13.8 Å². The highest BCUT2D eigenvalue weighted by molar-refractivity contribution is 5.79. The monoisotopic (exact) mass is 376 g/mol. The van der Waals surface area contributed by atoms with Crippen LogP contribution in [-0.2, 0) is 16.9 Å². The molecule has 7 heteroatoms. The van der Waals surface area contributed by atoms with Gasteiger partial charge in [-0.1, -0.05) is 13.8 Å². The Morgan fingerprint density at radius 1 is 1.26 bits per heavy atom. The van der Waals surface area contributed by atoms with Gasteiger partial charge in [0.05, 0.1) is 17.8 Å². The molecule has 1 aromatic heterocycles. The van der Waals surface area contributed by atoms with Crippen molar-refractivity contribution in [2.45, 2.75) is 52.6 Å². The van der Waals surface area contributed by atoms with E-state index in [-0.39, 0.29) is 29.5 Å². The Balaban J connectivity index is 2.24. The van der Waals surface area contributed by atoms with Crippen molar-refractivity contribution in [3.05, 3.63) is 40.8 Å². The Hall–Kier alpha value is -2.28. The third kappa shape index (κ3) is 3.04. The van der Waals surface area contributed by atoms with Crippen molar-refractivity contribution >= 4 is 5.91 Å². The van der Waals surface area contributed by atoms with Crippen LogP contribution in [0.15, 0.2) is 12.1 Å². The molecule has 1 aromatic carbocycles. The molecule has 1 aliphatic rings. The summed E-state index contributed by atoms with van der Waals surface area (Å²) < 4.78 is 30.9. The molecule has 0 unspecified atom stereocenters. The fraction of sp³-hybridized carbons (Fsp3) is 0.500. The maximum absolute atomic E-state index is 14.7. The van der Waals surface area contributed by atoms with Crippen LogP contribution >= 0.6 is 0 Å². The number of imidazole rings is 1. The number of aryl methyl sites for hydroxylation is 1. The minimum absolute atomic E-state index is 0.0533. The maximum Gasteiger partial charge on any atom is 0.237 e. The number of amides is 1. The minimum atomic E-state index is -0.698. The summed E-state index contributed by atoms with van der Waals surface area (Å²) in [7, 11) is 0. The maximum atomic E-state index is 14.7. The van der Waals surface area contributed by atoms with E-state index in [0.29, 0.717) is 24.6 Å². The van der Waals surface area contributed by atoms with E-state index in [0.717, 1.165) is 5.69 Å². The normalized spacial score (nSPS) is 16.0. The van der Waals surface area contributed by atoms with Crippen molar-refractivity contribution in [1.82, 2.24) is 14.5 Å². The third-order valence-corrected chi connectivity index (χ3v) is 5.30. The van der Waals surface area contributed by atoms with Crippen LogP contribution in [0.4, 0.5) is 8.78 Å². The molecule has 1 aliphatic heterocycles. The average molecular weight is 376 g/mol. The summed E-state index contributed by atoms with van der Waals surface area (Å²) in [5.41, 5.74) is 6.55. The van der Waals surface area contributed by atoms with Gasteiger partial charge in [-0.2, -0.15) is 0 Å². The summed E-state index contributed by atoms with van der Waals surface area (Å²) in [6.45, 7) is 10.3. The summed E-state index contributed by atoms with van der Waals surface area (Å²) in [5.74, 6) is -0.410. The Morgan fingerprint density at radius 2 is 1.93 bits per heavy atom. The number of benzene rings is 1. The van der Waals surface area contributed by atoms with Crippen LogP contribution in [0, 0.1) is 18.6 Å². The molecule has 0 radical (unpaired) electrons. The van der Waals surface area contributed by atoms with Crippen LogP contribution in [0.2, 0.25) is 0 Å². The molecule has 146 valence electrons. The molecule has 2 heterocycles. The molecule has 2 aromatic rings. The number of rotatable bonds is 3. The van der Waals surface area contributed by atoms with E-state index >= 15 is 0 Å².